The summed E-state index contributed by atoms with van der Waals surface area (Å²) in [5.74, 6) is -2.30. The van der Waals surface area contributed by atoms with Crippen molar-refractivity contribution in [2.75, 3.05) is 0 Å². The first-order valence-corrected chi connectivity index (χ1v) is 5.92. The van der Waals surface area contributed by atoms with Gasteiger partial charge in [-0.05, 0) is 23.8 Å². The number of alkyl halides is 2. The van der Waals surface area contributed by atoms with Gasteiger partial charge in [0.15, 0.2) is 0 Å². The van der Waals surface area contributed by atoms with Crippen molar-refractivity contribution in [3.05, 3.63) is 33.8 Å². The fraction of sp³-hybridized carbons (Fsp3) is 0.300. The molecule has 0 radical (unpaired) electrons. The molecule has 1 saturated carbocycles. The third-order valence-corrected chi connectivity index (χ3v) is 3.94. The Kier molecular flexibility index (Phi) is 6.53. The largest absolute Gasteiger partial charge is 0.481 e. The number of benzene rings is 1. The van der Waals surface area contributed by atoms with Crippen LogP contribution < -0.4 is 0 Å². The highest BCUT2D eigenvalue weighted by molar-refractivity contribution is 7.59. The van der Waals surface area contributed by atoms with E-state index >= 15 is 0 Å². The summed E-state index contributed by atoms with van der Waals surface area (Å²) in [5, 5.41) is 9.79. The summed E-state index contributed by atoms with van der Waals surface area (Å²) >= 11 is 23.5. The third kappa shape index (κ3) is 3.35. The van der Waals surface area contributed by atoms with Crippen molar-refractivity contribution in [3.8, 4) is 0 Å². The van der Waals surface area contributed by atoms with Gasteiger partial charge >= 0.3 is 5.97 Å². The molecule has 0 unspecified atom stereocenters. The van der Waals surface area contributed by atoms with Crippen LogP contribution >= 0.6 is 73.4 Å². The van der Waals surface area contributed by atoms with Gasteiger partial charge in [-0.2, -0.15) is 27.0 Å². The summed E-state index contributed by atoms with van der Waals surface area (Å²) in [6, 6.07) is 4.82. The van der Waals surface area contributed by atoms with Gasteiger partial charge in [0.25, 0.3) is 0 Å². The molecule has 2 atom stereocenters. The van der Waals surface area contributed by atoms with Crippen LogP contribution in [0.1, 0.15) is 11.5 Å². The van der Waals surface area contributed by atoms with Crippen molar-refractivity contribution in [3.63, 3.8) is 0 Å². The molecule has 1 aromatic carbocycles. The lowest BCUT2D eigenvalue weighted by atomic mass is 10.1. The molecule has 1 aliphatic carbocycles. The highest BCUT2D eigenvalue weighted by Crippen LogP contribution is 2.65. The van der Waals surface area contributed by atoms with Gasteiger partial charge in [0, 0.05) is 16.0 Å². The second-order valence-corrected chi connectivity index (χ2v) is 5.99. The summed E-state index contributed by atoms with van der Waals surface area (Å²) < 4.78 is -1.28. The van der Waals surface area contributed by atoms with Crippen molar-refractivity contribution >= 4 is 79.4 Å². The Bertz CT molecular complexity index is 447. The second kappa shape index (κ2) is 6.33. The average Bonchev–Trinajstić information content (AvgIpc) is 2.67. The SMILES string of the molecule is O=C(O)[C@@H]1[C@@H](c2cc(Cl)cc(Cl)c2)C1(Cl)Cl.S.S. The predicted molar refractivity (Wildman–Crippen MR) is 85.5 cm³/mol. The van der Waals surface area contributed by atoms with E-state index in [0.29, 0.717) is 15.6 Å². The molecule has 0 aromatic heterocycles. The normalized spacial score (nSPS) is 23.6. The minimum Gasteiger partial charge on any atom is -0.481 e. The fourth-order valence-corrected chi connectivity index (χ4v) is 3.16. The number of aliphatic carboxylic acids is 1. The summed E-state index contributed by atoms with van der Waals surface area (Å²) in [7, 11) is 0. The summed E-state index contributed by atoms with van der Waals surface area (Å²) in [6.45, 7) is 0. The molecule has 1 fully saturated rings. The average molecular weight is 368 g/mol. The zero-order valence-electron chi connectivity index (χ0n) is 8.75. The fourth-order valence-electron chi connectivity index (χ4n) is 1.80. The lowest BCUT2D eigenvalue weighted by Crippen LogP contribution is -2.03. The minimum atomic E-state index is -1.28. The van der Waals surface area contributed by atoms with Gasteiger partial charge < -0.3 is 5.11 Å². The van der Waals surface area contributed by atoms with Gasteiger partial charge in [0.05, 0.1) is 5.92 Å². The van der Waals surface area contributed by atoms with E-state index in [1.807, 2.05) is 0 Å². The van der Waals surface area contributed by atoms with Crippen LogP contribution in [0.3, 0.4) is 0 Å². The van der Waals surface area contributed by atoms with Gasteiger partial charge in [-0.3, -0.25) is 4.79 Å². The molecule has 0 saturated heterocycles. The van der Waals surface area contributed by atoms with Crippen molar-refractivity contribution < 1.29 is 9.90 Å². The molecule has 102 valence electrons. The van der Waals surface area contributed by atoms with Gasteiger partial charge in [-0.15, -0.1) is 0 Å². The lowest BCUT2D eigenvalue weighted by molar-refractivity contribution is -0.138. The molecule has 1 aromatic rings. The zero-order valence-corrected chi connectivity index (χ0v) is 13.8. The van der Waals surface area contributed by atoms with Gasteiger partial charge in [-0.1, -0.05) is 46.4 Å². The van der Waals surface area contributed by atoms with Crippen LogP contribution in [0.15, 0.2) is 18.2 Å². The molecule has 8 heteroatoms. The summed E-state index contributed by atoms with van der Waals surface area (Å²) in [5.41, 5.74) is 0.648. The number of halogens is 4. The maximum Gasteiger partial charge on any atom is 0.310 e. The summed E-state index contributed by atoms with van der Waals surface area (Å²) in [6.07, 6.45) is 0. The first kappa shape index (κ1) is 18.6. The number of carbonyl (C=O) groups is 1. The molecule has 0 spiro atoms. The Labute approximate surface area is 138 Å². The van der Waals surface area contributed by atoms with Crippen LogP contribution in [0.5, 0.6) is 0 Å². The Morgan fingerprint density at radius 3 is 1.89 bits per heavy atom. The maximum absolute atomic E-state index is 10.9. The molecule has 1 N–H and O–H groups in total. The molecule has 2 rings (SSSR count). The van der Waals surface area contributed by atoms with Crippen LogP contribution in [0.4, 0.5) is 0 Å². The van der Waals surface area contributed by atoms with Crippen LogP contribution in [0.25, 0.3) is 0 Å². The molecular formula is C10H10Cl4O2S2. The molecule has 0 bridgehead atoms. The van der Waals surface area contributed by atoms with E-state index in [2.05, 4.69) is 0 Å². The minimum absolute atomic E-state index is 0. The van der Waals surface area contributed by atoms with E-state index in [4.69, 9.17) is 51.5 Å². The summed E-state index contributed by atoms with van der Waals surface area (Å²) in [4.78, 5) is 10.9. The van der Waals surface area contributed by atoms with Crippen LogP contribution in [0, 0.1) is 5.92 Å². The monoisotopic (exact) mass is 366 g/mol. The zero-order chi connectivity index (χ0) is 12.1. The van der Waals surface area contributed by atoms with E-state index in [9.17, 15) is 4.79 Å². The molecule has 0 amide bonds. The smallest absolute Gasteiger partial charge is 0.310 e. The van der Waals surface area contributed by atoms with Crippen molar-refractivity contribution in [1.29, 1.82) is 0 Å². The van der Waals surface area contributed by atoms with Gasteiger partial charge in [0.2, 0.25) is 0 Å². The van der Waals surface area contributed by atoms with Crippen LogP contribution in [-0.4, -0.2) is 15.4 Å². The number of hydrogen-bond acceptors (Lipinski definition) is 1. The van der Waals surface area contributed by atoms with Gasteiger partial charge in [-0.25, -0.2) is 0 Å². The second-order valence-electron chi connectivity index (χ2n) is 3.67. The van der Waals surface area contributed by atoms with E-state index < -0.39 is 22.1 Å². The molecular weight excluding hydrogens is 358 g/mol. The molecule has 0 aliphatic heterocycles. The number of hydrogen-bond donors (Lipinski definition) is 1. The Hall–Kier alpha value is 0.550. The molecule has 18 heavy (non-hydrogen) atoms. The van der Waals surface area contributed by atoms with Gasteiger partial charge in [0.1, 0.15) is 4.33 Å². The predicted octanol–water partition coefficient (Wildman–Crippen LogP) is 4.19. The first-order valence-electron chi connectivity index (χ1n) is 4.40. The molecule has 0 heterocycles. The standard InChI is InChI=1S/C10H6Cl4O2.2H2S/c11-5-1-4(2-6(12)3-5)7-8(9(15)16)10(7,13)14;;/h1-3,7-8H,(H,15,16);2*1H2/t7-,8+;;/m1../s1. The topological polar surface area (TPSA) is 37.3 Å². The van der Waals surface area contributed by atoms with E-state index in [0.717, 1.165) is 0 Å². The number of carboxylic acid groups (broad SMARTS) is 1. The van der Waals surface area contributed by atoms with Crippen molar-refractivity contribution in [2.45, 2.75) is 10.3 Å². The first-order chi connectivity index (χ1) is 7.34. The lowest BCUT2D eigenvalue weighted by Gasteiger charge is -2.02. The maximum atomic E-state index is 10.9. The Morgan fingerprint density at radius 1 is 1.11 bits per heavy atom. The molecule has 1 aliphatic rings. The Balaban J connectivity index is 0.00000144. The highest BCUT2D eigenvalue weighted by atomic mass is 35.5. The van der Waals surface area contributed by atoms with Crippen LogP contribution in [0.2, 0.25) is 10.0 Å². The van der Waals surface area contributed by atoms with E-state index in [-0.39, 0.29) is 27.0 Å². The number of rotatable bonds is 2. The van der Waals surface area contributed by atoms with E-state index in [1.54, 1.807) is 18.2 Å². The number of carboxylic acids is 1. The third-order valence-electron chi connectivity index (χ3n) is 2.56. The van der Waals surface area contributed by atoms with Crippen LogP contribution in [-0.2, 0) is 4.79 Å². The van der Waals surface area contributed by atoms with Crippen molar-refractivity contribution in [1.82, 2.24) is 0 Å². The van der Waals surface area contributed by atoms with E-state index in [1.165, 1.54) is 0 Å². The molecule has 2 nitrogen and oxygen atoms in total. The van der Waals surface area contributed by atoms with Crippen molar-refractivity contribution in [2.24, 2.45) is 5.92 Å². The highest BCUT2D eigenvalue weighted by Gasteiger charge is 2.68. The Morgan fingerprint density at radius 2 is 1.56 bits per heavy atom. The quantitative estimate of drug-likeness (QED) is 0.795.